The molecular weight excluding hydrogens is 410 g/mol. The fourth-order valence-electron chi connectivity index (χ4n) is 3.96. The Kier molecular flexibility index (Phi) is 8.62. The van der Waals surface area contributed by atoms with Crippen molar-refractivity contribution < 1.29 is 24.2 Å². The molecule has 2 heterocycles. The average molecular weight is 440 g/mol. The lowest BCUT2D eigenvalue weighted by Gasteiger charge is -2.31. The molecule has 0 bridgehead atoms. The van der Waals surface area contributed by atoms with Gasteiger partial charge in [-0.3, -0.25) is 14.4 Å². The summed E-state index contributed by atoms with van der Waals surface area (Å²) in [6.07, 6.45) is 2.26. The number of hydrogen-bond acceptors (Lipinski definition) is 5. The Hall–Kier alpha value is -3.39. The molecule has 1 saturated heterocycles. The van der Waals surface area contributed by atoms with Gasteiger partial charge >= 0.3 is 0 Å². The summed E-state index contributed by atoms with van der Waals surface area (Å²) in [6.45, 7) is 4.52. The second kappa shape index (κ2) is 11.9. The number of ether oxygens (including phenoxy) is 1. The van der Waals surface area contributed by atoms with Gasteiger partial charge in [-0.2, -0.15) is 0 Å². The van der Waals surface area contributed by atoms with E-state index in [1.54, 1.807) is 29.2 Å². The summed E-state index contributed by atoms with van der Waals surface area (Å²) in [4.78, 5) is 37.5. The molecule has 32 heavy (non-hydrogen) atoms. The van der Waals surface area contributed by atoms with E-state index in [9.17, 15) is 9.59 Å². The molecule has 0 unspecified atom stereocenters. The number of para-hydroxylation sites is 1. The van der Waals surface area contributed by atoms with Crippen molar-refractivity contribution in [1.29, 1.82) is 0 Å². The number of nitrogens with one attached hydrogen (secondary N) is 1. The maximum atomic E-state index is 12.5. The number of nitrogens with zero attached hydrogens (tertiary/aromatic N) is 2. The van der Waals surface area contributed by atoms with E-state index in [1.807, 2.05) is 0 Å². The third-order valence-corrected chi connectivity index (χ3v) is 5.57. The van der Waals surface area contributed by atoms with Crippen molar-refractivity contribution in [2.45, 2.75) is 12.8 Å². The normalized spacial score (nSPS) is 15.1. The summed E-state index contributed by atoms with van der Waals surface area (Å²) < 4.78 is 5.29. The van der Waals surface area contributed by atoms with Crippen LogP contribution in [0.4, 0.5) is 5.69 Å². The van der Waals surface area contributed by atoms with Crippen molar-refractivity contribution in [2.24, 2.45) is 0 Å². The first-order valence-corrected chi connectivity index (χ1v) is 10.8. The van der Waals surface area contributed by atoms with Gasteiger partial charge in [0, 0.05) is 49.5 Å². The third-order valence-electron chi connectivity index (χ3n) is 5.57. The molecule has 0 atom stereocenters. The molecule has 0 radical (unpaired) electrons. The van der Waals surface area contributed by atoms with Crippen LogP contribution in [0.1, 0.15) is 32.7 Å². The molecule has 8 nitrogen and oxygen atoms in total. The Morgan fingerprint density at radius 1 is 1.00 bits per heavy atom. The molecule has 1 fully saturated rings. The molecule has 2 aliphatic heterocycles. The maximum absolute atomic E-state index is 12.5. The van der Waals surface area contributed by atoms with Crippen molar-refractivity contribution in [3.63, 3.8) is 0 Å². The molecule has 2 amide bonds. The maximum Gasteiger partial charge on any atom is 0.290 e. The Balaban J connectivity index is 0.000000913. The first-order valence-electron chi connectivity index (χ1n) is 10.8. The van der Waals surface area contributed by atoms with Gasteiger partial charge in [-0.05, 0) is 48.7 Å². The average Bonchev–Trinajstić information content (AvgIpc) is 2.85. The summed E-state index contributed by atoms with van der Waals surface area (Å²) in [6, 6.07) is 15.4. The second-order valence-electron chi connectivity index (χ2n) is 7.56. The van der Waals surface area contributed by atoms with Crippen molar-refractivity contribution in [2.75, 3.05) is 50.8 Å². The van der Waals surface area contributed by atoms with Gasteiger partial charge in [0.25, 0.3) is 18.3 Å². The fraction of sp³-hybridized carbons (Fsp3) is 0.375. The summed E-state index contributed by atoms with van der Waals surface area (Å²) >= 11 is 0. The minimum atomic E-state index is -0.250. The van der Waals surface area contributed by atoms with E-state index < -0.39 is 0 Å². The first-order chi connectivity index (χ1) is 15.6. The number of rotatable bonds is 5. The standard InChI is InChI=1S/C23H27N3O3.CH2O2/c27-22(24-11-13-25-12-3-5-18-4-1-2-6-21(18)25)19-7-9-20(10-8-19)23(28)26-14-16-29-17-15-26;2-1-3/h1-2,4,6-10H,3,5,11-17H2,(H,24,27);1H,(H,2,3). The summed E-state index contributed by atoms with van der Waals surface area (Å²) in [5.74, 6) is -0.121. The van der Waals surface area contributed by atoms with Gasteiger partial charge in [0.1, 0.15) is 0 Å². The third kappa shape index (κ3) is 6.07. The van der Waals surface area contributed by atoms with Crippen LogP contribution < -0.4 is 10.2 Å². The van der Waals surface area contributed by atoms with Gasteiger partial charge < -0.3 is 25.0 Å². The molecule has 170 valence electrons. The lowest BCUT2D eigenvalue weighted by molar-refractivity contribution is -0.122. The molecule has 2 aromatic carbocycles. The molecule has 0 saturated carbocycles. The number of fused-ring (bicyclic) bond motifs is 1. The summed E-state index contributed by atoms with van der Waals surface area (Å²) in [5, 5.41) is 9.89. The number of carbonyl (C=O) groups is 3. The quantitative estimate of drug-likeness (QED) is 0.692. The monoisotopic (exact) mass is 439 g/mol. The highest BCUT2D eigenvalue weighted by atomic mass is 16.5. The smallest absolute Gasteiger partial charge is 0.290 e. The van der Waals surface area contributed by atoms with E-state index in [-0.39, 0.29) is 18.3 Å². The van der Waals surface area contributed by atoms with Crippen LogP contribution >= 0.6 is 0 Å². The van der Waals surface area contributed by atoms with Gasteiger partial charge in [0.15, 0.2) is 0 Å². The zero-order chi connectivity index (χ0) is 22.8. The molecular formula is C24H29N3O5. The van der Waals surface area contributed by atoms with Crippen molar-refractivity contribution in [3.8, 4) is 0 Å². The van der Waals surface area contributed by atoms with Gasteiger partial charge in [0.2, 0.25) is 0 Å². The Labute approximate surface area is 187 Å². The van der Waals surface area contributed by atoms with Crippen LogP contribution in [0.5, 0.6) is 0 Å². The number of anilines is 1. The molecule has 0 aromatic heterocycles. The predicted octanol–water partition coefficient (Wildman–Crippen LogP) is 2.04. The number of morpholine rings is 1. The minimum Gasteiger partial charge on any atom is -0.483 e. The van der Waals surface area contributed by atoms with Crippen molar-refractivity contribution in [1.82, 2.24) is 10.2 Å². The Bertz CT molecular complexity index is 910. The van der Waals surface area contributed by atoms with E-state index in [4.69, 9.17) is 14.6 Å². The van der Waals surface area contributed by atoms with Gasteiger partial charge in [-0.1, -0.05) is 18.2 Å². The lowest BCUT2D eigenvalue weighted by atomic mass is 10.0. The van der Waals surface area contributed by atoms with Crippen LogP contribution in [0, 0.1) is 0 Å². The van der Waals surface area contributed by atoms with Crippen molar-refractivity contribution >= 4 is 24.0 Å². The minimum absolute atomic E-state index is 0.0102. The predicted molar refractivity (Wildman–Crippen MR) is 121 cm³/mol. The fourth-order valence-corrected chi connectivity index (χ4v) is 3.96. The van der Waals surface area contributed by atoms with Crippen LogP contribution in [-0.2, 0) is 16.0 Å². The highest BCUT2D eigenvalue weighted by molar-refractivity contribution is 5.97. The lowest BCUT2D eigenvalue weighted by Crippen LogP contribution is -2.40. The summed E-state index contributed by atoms with van der Waals surface area (Å²) in [5.41, 5.74) is 3.83. The van der Waals surface area contributed by atoms with E-state index >= 15 is 0 Å². The molecule has 2 aromatic rings. The SMILES string of the molecule is O=C(NCCN1CCCc2ccccc21)c1ccc(C(=O)N2CCOCC2)cc1.O=CO. The van der Waals surface area contributed by atoms with E-state index in [0.717, 1.165) is 25.9 Å². The molecule has 0 spiro atoms. The largest absolute Gasteiger partial charge is 0.483 e. The number of amides is 2. The van der Waals surface area contributed by atoms with Crippen LogP contribution in [0.15, 0.2) is 48.5 Å². The molecule has 2 aliphatic rings. The number of carbonyl (C=O) groups excluding carboxylic acids is 2. The van der Waals surface area contributed by atoms with Crippen LogP contribution in [-0.4, -0.2) is 74.2 Å². The number of aryl methyl sites for hydroxylation is 1. The van der Waals surface area contributed by atoms with Crippen molar-refractivity contribution in [3.05, 3.63) is 65.2 Å². The Morgan fingerprint density at radius 3 is 2.38 bits per heavy atom. The first kappa shape index (κ1) is 23.3. The molecule has 0 aliphatic carbocycles. The van der Waals surface area contributed by atoms with Crippen LogP contribution in [0.25, 0.3) is 0 Å². The van der Waals surface area contributed by atoms with E-state index in [2.05, 4.69) is 34.5 Å². The zero-order valence-electron chi connectivity index (χ0n) is 18.0. The number of benzene rings is 2. The topological polar surface area (TPSA) is 99.2 Å². The summed E-state index contributed by atoms with van der Waals surface area (Å²) in [7, 11) is 0. The second-order valence-corrected chi connectivity index (χ2v) is 7.56. The Morgan fingerprint density at radius 2 is 1.66 bits per heavy atom. The van der Waals surface area contributed by atoms with Gasteiger partial charge in [0.05, 0.1) is 13.2 Å². The molecule has 4 rings (SSSR count). The highest BCUT2D eigenvalue weighted by Gasteiger charge is 2.19. The van der Waals surface area contributed by atoms with Gasteiger partial charge in [-0.15, -0.1) is 0 Å². The van der Waals surface area contributed by atoms with E-state index in [1.165, 1.54) is 11.3 Å². The molecule has 2 N–H and O–H groups in total. The number of hydrogen-bond donors (Lipinski definition) is 2. The highest BCUT2D eigenvalue weighted by Crippen LogP contribution is 2.26. The van der Waals surface area contributed by atoms with Crippen LogP contribution in [0.3, 0.4) is 0 Å². The van der Waals surface area contributed by atoms with Gasteiger partial charge in [-0.25, -0.2) is 0 Å². The van der Waals surface area contributed by atoms with Crippen LogP contribution in [0.2, 0.25) is 0 Å². The number of carboxylic acid groups (broad SMARTS) is 1. The molecule has 8 heteroatoms. The van der Waals surface area contributed by atoms with E-state index in [0.29, 0.717) is 44.0 Å². The zero-order valence-corrected chi connectivity index (χ0v) is 18.0.